The van der Waals surface area contributed by atoms with E-state index in [1.165, 1.54) is 75.5 Å². The number of nitrogens with one attached hydrogen (secondary N) is 1. The largest absolute Gasteiger partial charge is 0.355 e. The van der Waals surface area contributed by atoms with Crippen molar-refractivity contribution < 1.29 is 0 Å². The Labute approximate surface area is 300 Å². The van der Waals surface area contributed by atoms with Crippen LogP contribution in [0.5, 0.6) is 0 Å². The Kier molecular flexibility index (Phi) is 7.04. The molecule has 0 saturated carbocycles. The molecule has 0 aliphatic carbocycles. The summed E-state index contributed by atoms with van der Waals surface area (Å²) in [6, 6.07) is 67.9. The fourth-order valence-electron chi connectivity index (χ4n) is 7.61. The van der Waals surface area contributed by atoms with Crippen molar-refractivity contribution in [3.05, 3.63) is 188 Å². The van der Waals surface area contributed by atoms with Crippen molar-refractivity contribution in [3.8, 4) is 39.1 Å². The molecule has 0 fully saturated rings. The molecule has 0 saturated heterocycles. The summed E-state index contributed by atoms with van der Waals surface area (Å²) in [4.78, 5) is 0. The summed E-state index contributed by atoms with van der Waals surface area (Å²) >= 11 is 1.87. The number of hydrogen-bond donors (Lipinski definition) is 1. The maximum atomic E-state index is 3.78. The summed E-state index contributed by atoms with van der Waals surface area (Å²) in [6.45, 7) is 0. The summed E-state index contributed by atoms with van der Waals surface area (Å²) in [5, 5.41) is 8.93. The van der Waals surface area contributed by atoms with E-state index < -0.39 is 0 Å². The molecular weight excluding hydrogens is 637 g/mol. The molecule has 0 spiro atoms. The van der Waals surface area contributed by atoms with Gasteiger partial charge in [0.15, 0.2) is 0 Å². The molecule has 0 atom stereocenters. The van der Waals surface area contributed by atoms with Gasteiger partial charge in [-0.15, -0.1) is 11.3 Å². The van der Waals surface area contributed by atoms with Crippen molar-refractivity contribution >= 4 is 64.7 Å². The molecule has 10 rings (SSSR count). The average Bonchev–Trinajstić information content (AvgIpc) is 3.74. The third-order valence-electron chi connectivity index (χ3n) is 9.98. The van der Waals surface area contributed by atoms with Crippen molar-refractivity contribution in [3.63, 3.8) is 0 Å². The molecule has 0 unspecified atom stereocenters. The summed E-state index contributed by atoms with van der Waals surface area (Å²) < 4.78 is 5.02. The molecule has 240 valence electrons. The van der Waals surface area contributed by atoms with Crippen LogP contribution < -0.4 is 5.32 Å². The smallest absolute Gasteiger partial charge is 0.0541 e. The normalized spacial score (nSPS) is 11.5. The summed E-state index contributed by atoms with van der Waals surface area (Å²) in [5.74, 6) is 0. The second-order valence-corrected chi connectivity index (χ2v) is 14.1. The Morgan fingerprint density at radius 2 is 1.04 bits per heavy atom. The zero-order valence-corrected chi connectivity index (χ0v) is 28.6. The summed E-state index contributed by atoms with van der Waals surface area (Å²) in [6.07, 6.45) is 0. The SMILES string of the molecule is c1ccc(-n2c3ccccc3c3cc(-c4cccc(-c5ccccc5Nc5cccc(-c6cccc7c6sc6ccccc67)c5)c4)ccc32)cc1. The lowest BCUT2D eigenvalue weighted by molar-refractivity contribution is 1.18. The molecule has 2 heterocycles. The predicted molar refractivity (Wildman–Crippen MR) is 220 cm³/mol. The first-order chi connectivity index (χ1) is 25.3. The molecule has 1 N–H and O–H groups in total. The summed E-state index contributed by atoms with van der Waals surface area (Å²) in [5.41, 5.74) is 13.0. The van der Waals surface area contributed by atoms with E-state index in [4.69, 9.17) is 0 Å². The van der Waals surface area contributed by atoms with Crippen LogP contribution in [0.15, 0.2) is 188 Å². The molecule has 0 radical (unpaired) electrons. The number of aromatic nitrogens is 1. The Bertz CT molecular complexity index is 2900. The van der Waals surface area contributed by atoms with E-state index in [1.807, 2.05) is 11.3 Å². The van der Waals surface area contributed by atoms with Crippen molar-refractivity contribution in [2.24, 2.45) is 0 Å². The number of benzene rings is 8. The van der Waals surface area contributed by atoms with Crippen LogP contribution >= 0.6 is 11.3 Å². The third-order valence-corrected chi connectivity index (χ3v) is 11.2. The minimum absolute atomic E-state index is 1.06. The molecule has 3 heteroatoms. The van der Waals surface area contributed by atoms with Crippen molar-refractivity contribution in [1.29, 1.82) is 0 Å². The average molecular weight is 669 g/mol. The maximum absolute atomic E-state index is 3.78. The van der Waals surface area contributed by atoms with Gasteiger partial charge < -0.3 is 9.88 Å². The van der Waals surface area contributed by atoms with Crippen LogP contribution in [0, 0.1) is 0 Å². The van der Waals surface area contributed by atoms with E-state index in [2.05, 4.69) is 198 Å². The van der Waals surface area contributed by atoms with Gasteiger partial charge in [0.05, 0.1) is 11.0 Å². The van der Waals surface area contributed by atoms with Crippen LogP contribution in [-0.4, -0.2) is 4.57 Å². The highest BCUT2D eigenvalue weighted by Crippen LogP contribution is 2.41. The molecule has 0 amide bonds. The minimum Gasteiger partial charge on any atom is -0.355 e. The van der Waals surface area contributed by atoms with Crippen LogP contribution in [0.25, 0.3) is 81.0 Å². The lowest BCUT2D eigenvalue weighted by Gasteiger charge is -2.15. The van der Waals surface area contributed by atoms with Gasteiger partial charge in [-0.2, -0.15) is 0 Å². The highest BCUT2D eigenvalue weighted by molar-refractivity contribution is 7.26. The van der Waals surface area contributed by atoms with E-state index in [0.29, 0.717) is 0 Å². The first kappa shape index (κ1) is 29.5. The van der Waals surface area contributed by atoms with Gasteiger partial charge in [-0.1, -0.05) is 127 Å². The quantitative estimate of drug-likeness (QED) is 0.187. The molecule has 0 aliphatic rings. The van der Waals surface area contributed by atoms with Crippen LogP contribution in [0.4, 0.5) is 11.4 Å². The monoisotopic (exact) mass is 668 g/mol. The number of anilines is 2. The Morgan fingerprint density at radius 1 is 0.392 bits per heavy atom. The topological polar surface area (TPSA) is 17.0 Å². The van der Waals surface area contributed by atoms with Crippen LogP contribution in [0.2, 0.25) is 0 Å². The number of para-hydroxylation sites is 3. The second-order valence-electron chi connectivity index (χ2n) is 13.0. The maximum Gasteiger partial charge on any atom is 0.0541 e. The lowest BCUT2D eigenvalue weighted by Crippen LogP contribution is -1.94. The molecule has 10 aromatic rings. The fourth-order valence-corrected chi connectivity index (χ4v) is 8.85. The molecule has 51 heavy (non-hydrogen) atoms. The van der Waals surface area contributed by atoms with Gasteiger partial charge in [0.25, 0.3) is 0 Å². The fraction of sp³-hybridized carbons (Fsp3) is 0. The lowest BCUT2D eigenvalue weighted by atomic mass is 9.97. The molecule has 2 nitrogen and oxygen atoms in total. The standard InChI is InChI=1S/C48H32N2S/c1-2-17-37(18-3-1)50-45-25-8-5-20-40(45)43-31-33(27-28-46(43)50)32-13-10-14-34(29-32)38-19-4-7-24-44(38)49-36-16-11-15-35(30-36)39-22-12-23-42-41-21-6-9-26-47(41)51-48(39)42/h1-31,49H. The Hall–Kier alpha value is -6.42. The highest BCUT2D eigenvalue weighted by Gasteiger charge is 2.15. The molecule has 0 bridgehead atoms. The van der Waals surface area contributed by atoms with Gasteiger partial charge in [0.1, 0.15) is 0 Å². The van der Waals surface area contributed by atoms with Crippen molar-refractivity contribution in [1.82, 2.24) is 4.57 Å². The number of rotatable bonds is 6. The Balaban J connectivity index is 1.01. The van der Waals surface area contributed by atoms with Gasteiger partial charge >= 0.3 is 0 Å². The number of fused-ring (bicyclic) bond motifs is 6. The van der Waals surface area contributed by atoms with Crippen LogP contribution in [-0.2, 0) is 0 Å². The predicted octanol–water partition coefficient (Wildman–Crippen LogP) is 13.9. The van der Waals surface area contributed by atoms with E-state index in [9.17, 15) is 0 Å². The van der Waals surface area contributed by atoms with Crippen LogP contribution in [0.3, 0.4) is 0 Å². The number of hydrogen-bond acceptors (Lipinski definition) is 2. The molecule has 0 aliphatic heterocycles. The molecule has 2 aromatic heterocycles. The zero-order valence-electron chi connectivity index (χ0n) is 27.8. The third kappa shape index (κ3) is 5.10. The highest BCUT2D eigenvalue weighted by atomic mass is 32.1. The summed E-state index contributed by atoms with van der Waals surface area (Å²) in [7, 11) is 0. The Morgan fingerprint density at radius 3 is 1.96 bits per heavy atom. The number of nitrogens with zero attached hydrogens (tertiary/aromatic N) is 1. The first-order valence-corrected chi connectivity index (χ1v) is 18.2. The van der Waals surface area contributed by atoms with E-state index in [1.54, 1.807) is 0 Å². The molecular formula is C48H32N2S. The molecule has 8 aromatic carbocycles. The van der Waals surface area contributed by atoms with Crippen molar-refractivity contribution in [2.75, 3.05) is 5.32 Å². The van der Waals surface area contributed by atoms with Gasteiger partial charge in [-0.05, 0) is 88.5 Å². The van der Waals surface area contributed by atoms with E-state index in [-0.39, 0.29) is 0 Å². The van der Waals surface area contributed by atoms with Gasteiger partial charge in [-0.3, -0.25) is 0 Å². The zero-order chi connectivity index (χ0) is 33.7. The van der Waals surface area contributed by atoms with Crippen LogP contribution in [0.1, 0.15) is 0 Å². The second kappa shape index (κ2) is 12.2. The van der Waals surface area contributed by atoms with E-state index in [0.717, 1.165) is 16.9 Å². The van der Waals surface area contributed by atoms with Gasteiger partial charge in [-0.25, -0.2) is 0 Å². The minimum atomic E-state index is 1.06. The van der Waals surface area contributed by atoms with Gasteiger partial charge in [0.2, 0.25) is 0 Å². The van der Waals surface area contributed by atoms with Gasteiger partial charge in [0, 0.05) is 53.6 Å². The number of thiophene rings is 1. The van der Waals surface area contributed by atoms with Crippen molar-refractivity contribution in [2.45, 2.75) is 0 Å². The first-order valence-electron chi connectivity index (χ1n) is 17.3. The van der Waals surface area contributed by atoms with E-state index >= 15 is 0 Å².